The lowest BCUT2D eigenvalue weighted by Gasteiger charge is -2.04. The Labute approximate surface area is 115 Å². The van der Waals surface area contributed by atoms with Crippen LogP contribution in [-0.4, -0.2) is 12.5 Å². The van der Waals surface area contributed by atoms with E-state index in [2.05, 4.69) is 29.7 Å². The molecule has 1 N–H and O–H groups in total. The summed E-state index contributed by atoms with van der Waals surface area (Å²) < 4.78 is 0. The molecule has 3 heteroatoms. The molecule has 0 saturated heterocycles. The molecular formula is C16H21N2O+. The predicted molar refractivity (Wildman–Crippen MR) is 79.2 cm³/mol. The van der Waals surface area contributed by atoms with Gasteiger partial charge in [-0.2, -0.15) is 0 Å². The maximum absolute atomic E-state index is 11.3. The molecule has 0 spiro atoms. The molecule has 0 saturated carbocycles. The van der Waals surface area contributed by atoms with Gasteiger partial charge in [-0.1, -0.05) is 30.5 Å². The molecule has 0 fully saturated rings. The summed E-state index contributed by atoms with van der Waals surface area (Å²) in [5.41, 5.74) is 2.53. The van der Waals surface area contributed by atoms with Gasteiger partial charge in [-0.25, -0.2) is 0 Å². The second-order valence-corrected chi connectivity index (χ2v) is 4.51. The molecule has 0 atom stereocenters. The van der Waals surface area contributed by atoms with Gasteiger partial charge in [-0.3, -0.25) is 4.79 Å². The van der Waals surface area contributed by atoms with E-state index in [-0.39, 0.29) is 5.91 Å². The van der Waals surface area contributed by atoms with Crippen LogP contribution in [0.25, 0.3) is 4.85 Å². The minimum Gasteiger partial charge on any atom is -0.348 e. The van der Waals surface area contributed by atoms with Crippen molar-refractivity contribution in [3.05, 3.63) is 52.4 Å². The van der Waals surface area contributed by atoms with Crippen molar-refractivity contribution < 1.29 is 4.79 Å². The summed E-state index contributed by atoms with van der Waals surface area (Å²) in [5.74, 6) is -0.114. The first-order chi connectivity index (χ1) is 9.13. The van der Waals surface area contributed by atoms with Gasteiger partial charge in [0.1, 0.15) is 5.56 Å². The van der Waals surface area contributed by atoms with Crippen LogP contribution in [0.3, 0.4) is 0 Å². The van der Waals surface area contributed by atoms with Gasteiger partial charge in [0.25, 0.3) is 6.54 Å². The van der Waals surface area contributed by atoms with Gasteiger partial charge in [0.2, 0.25) is 5.91 Å². The number of carbonyl (C=O) groups is 1. The lowest BCUT2D eigenvalue weighted by Crippen LogP contribution is -2.22. The van der Waals surface area contributed by atoms with Crippen molar-refractivity contribution in [1.82, 2.24) is 5.32 Å². The highest BCUT2D eigenvalue weighted by atomic mass is 16.1. The summed E-state index contributed by atoms with van der Waals surface area (Å²) >= 11 is 0. The third kappa shape index (κ3) is 5.87. The Bertz CT molecular complexity index is 492. The van der Waals surface area contributed by atoms with E-state index in [1.807, 2.05) is 24.3 Å². The van der Waals surface area contributed by atoms with Gasteiger partial charge in [-0.15, -0.1) is 0 Å². The Morgan fingerprint density at radius 3 is 2.63 bits per heavy atom. The van der Waals surface area contributed by atoms with Crippen LogP contribution < -0.4 is 5.32 Å². The van der Waals surface area contributed by atoms with Crippen LogP contribution in [0.5, 0.6) is 0 Å². The SMILES string of the molecule is C=C(C)C(=O)NCc1ccc(C#[N+]CCCC)cc1. The van der Waals surface area contributed by atoms with Crippen LogP contribution in [0.15, 0.2) is 36.4 Å². The summed E-state index contributed by atoms with van der Waals surface area (Å²) in [6.45, 7) is 8.77. The van der Waals surface area contributed by atoms with Crippen molar-refractivity contribution in [2.24, 2.45) is 0 Å². The molecule has 3 nitrogen and oxygen atoms in total. The van der Waals surface area contributed by atoms with Gasteiger partial charge in [-0.05, 0) is 31.0 Å². The van der Waals surface area contributed by atoms with E-state index in [0.717, 1.165) is 30.5 Å². The molecule has 0 unspecified atom stereocenters. The number of amides is 1. The van der Waals surface area contributed by atoms with Crippen molar-refractivity contribution in [1.29, 1.82) is 0 Å². The standard InChI is InChI=1S/C16H20N2O/c1-4-5-10-17-11-14-6-8-15(9-7-14)12-18-16(19)13(2)3/h6-9H,2,4-5,10,12H2,1,3H3/p+1. The zero-order valence-corrected chi connectivity index (χ0v) is 11.7. The lowest BCUT2D eigenvalue weighted by atomic mass is 10.1. The van der Waals surface area contributed by atoms with Crippen LogP contribution in [0.1, 0.15) is 37.8 Å². The highest BCUT2D eigenvalue weighted by Crippen LogP contribution is 2.04. The van der Waals surface area contributed by atoms with Crippen molar-refractivity contribution in [2.45, 2.75) is 33.2 Å². The topological polar surface area (TPSA) is 33.5 Å². The molecule has 0 aliphatic carbocycles. The van der Waals surface area contributed by atoms with Gasteiger partial charge >= 0.3 is 6.07 Å². The molecule has 0 bridgehead atoms. The third-order valence-electron chi connectivity index (χ3n) is 2.63. The number of benzene rings is 1. The second kappa shape index (κ2) is 8.10. The lowest BCUT2D eigenvalue weighted by molar-refractivity contribution is -0.117. The molecule has 19 heavy (non-hydrogen) atoms. The fourth-order valence-corrected chi connectivity index (χ4v) is 1.41. The number of nitrogens with zero attached hydrogens (tertiary/aromatic N) is 1. The van der Waals surface area contributed by atoms with Crippen LogP contribution in [0.4, 0.5) is 0 Å². The van der Waals surface area contributed by atoms with E-state index < -0.39 is 0 Å². The molecule has 1 amide bonds. The van der Waals surface area contributed by atoms with Crippen LogP contribution in [-0.2, 0) is 11.3 Å². The normalized spacial score (nSPS) is 9.37. The zero-order valence-electron chi connectivity index (χ0n) is 11.7. The summed E-state index contributed by atoms with van der Waals surface area (Å²) in [4.78, 5) is 15.6. The first-order valence-corrected chi connectivity index (χ1v) is 6.58. The number of rotatable bonds is 5. The number of hydrogen-bond donors (Lipinski definition) is 1. The molecule has 0 aromatic heterocycles. The van der Waals surface area contributed by atoms with Gasteiger partial charge in [0.15, 0.2) is 0 Å². The van der Waals surface area contributed by atoms with E-state index in [1.165, 1.54) is 0 Å². The monoisotopic (exact) mass is 257 g/mol. The van der Waals surface area contributed by atoms with Gasteiger partial charge in [0.05, 0.1) is 0 Å². The molecule has 100 valence electrons. The Morgan fingerprint density at radius 2 is 2.05 bits per heavy atom. The van der Waals surface area contributed by atoms with Crippen LogP contribution in [0.2, 0.25) is 0 Å². The summed E-state index contributed by atoms with van der Waals surface area (Å²) in [5, 5.41) is 2.80. The average molecular weight is 257 g/mol. The highest BCUT2D eigenvalue weighted by molar-refractivity contribution is 5.91. The highest BCUT2D eigenvalue weighted by Gasteiger charge is 2.01. The Kier molecular flexibility index (Phi) is 6.38. The second-order valence-electron chi connectivity index (χ2n) is 4.51. The smallest absolute Gasteiger partial charge is 0.311 e. The number of hydrogen-bond acceptors (Lipinski definition) is 1. The fourth-order valence-electron chi connectivity index (χ4n) is 1.41. The van der Waals surface area contributed by atoms with Crippen molar-refractivity contribution in [3.8, 4) is 6.07 Å². The molecule has 1 aromatic rings. The maximum atomic E-state index is 11.3. The fraction of sp³-hybridized carbons (Fsp3) is 0.375. The van der Waals surface area contributed by atoms with Crippen LogP contribution >= 0.6 is 0 Å². The van der Waals surface area contributed by atoms with Crippen molar-refractivity contribution >= 4 is 5.91 Å². The number of unbranched alkanes of at least 4 members (excludes halogenated alkanes) is 1. The largest absolute Gasteiger partial charge is 0.348 e. The molecule has 0 heterocycles. The molecule has 1 rings (SSSR count). The first kappa shape index (κ1) is 15.0. The quantitative estimate of drug-likeness (QED) is 0.637. The van der Waals surface area contributed by atoms with E-state index in [4.69, 9.17) is 0 Å². The van der Waals surface area contributed by atoms with Gasteiger partial charge < -0.3 is 5.32 Å². The maximum Gasteiger partial charge on any atom is 0.311 e. The average Bonchev–Trinajstić information content (AvgIpc) is 2.42. The first-order valence-electron chi connectivity index (χ1n) is 6.58. The molecule has 0 aliphatic heterocycles. The summed E-state index contributed by atoms with van der Waals surface area (Å²) in [7, 11) is 0. The zero-order chi connectivity index (χ0) is 14.1. The molecule has 0 aliphatic rings. The van der Waals surface area contributed by atoms with Crippen molar-refractivity contribution in [2.75, 3.05) is 6.54 Å². The number of nitrogens with one attached hydrogen (secondary N) is 1. The Balaban J connectivity index is 2.49. The minimum atomic E-state index is -0.114. The molecular weight excluding hydrogens is 236 g/mol. The third-order valence-corrected chi connectivity index (χ3v) is 2.63. The Morgan fingerprint density at radius 1 is 1.37 bits per heavy atom. The minimum absolute atomic E-state index is 0.114. The summed E-state index contributed by atoms with van der Waals surface area (Å²) in [6, 6.07) is 10.9. The predicted octanol–water partition coefficient (Wildman–Crippen LogP) is 3.36. The van der Waals surface area contributed by atoms with Crippen molar-refractivity contribution in [3.63, 3.8) is 0 Å². The van der Waals surface area contributed by atoms with E-state index in [9.17, 15) is 4.79 Å². The van der Waals surface area contributed by atoms with E-state index in [0.29, 0.717) is 12.1 Å². The van der Waals surface area contributed by atoms with Crippen LogP contribution in [0, 0.1) is 6.07 Å². The Hall–Kier alpha value is -2.08. The summed E-state index contributed by atoms with van der Waals surface area (Å²) in [6.07, 6.45) is 2.24. The van der Waals surface area contributed by atoms with E-state index >= 15 is 0 Å². The molecule has 0 radical (unpaired) electrons. The molecule has 1 aromatic carbocycles. The van der Waals surface area contributed by atoms with E-state index in [1.54, 1.807) is 6.92 Å². The number of carbonyl (C=O) groups excluding carboxylic acids is 1. The van der Waals surface area contributed by atoms with Gasteiger partial charge in [0, 0.05) is 18.5 Å².